The van der Waals surface area contributed by atoms with E-state index in [0.29, 0.717) is 13.0 Å². The summed E-state index contributed by atoms with van der Waals surface area (Å²) in [5.74, 6) is -0.637. The fourth-order valence-corrected chi connectivity index (χ4v) is 2.21. The number of esters is 1. The van der Waals surface area contributed by atoms with Crippen LogP contribution in [0.3, 0.4) is 0 Å². The van der Waals surface area contributed by atoms with Gasteiger partial charge in [0.1, 0.15) is 11.6 Å². The second-order valence-electron chi connectivity index (χ2n) is 6.00. The van der Waals surface area contributed by atoms with Crippen LogP contribution in [0.5, 0.6) is 0 Å². The highest BCUT2D eigenvalue weighted by atomic mass is 16.6. The quantitative estimate of drug-likeness (QED) is 0.790. The van der Waals surface area contributed by atoms with E-state index in [1.54, 1.807) is 11.8 Å². The average molecular weight is 311 g/mol. The fraction of sp³-hybridized carbons (Fsp3) is 0.714. The third-order valence-corrected chi connectivity index (χ3v) is 3.06. The molecule has 1 aliphatic rings. The first kappa shape index (κ1) is 16.3. The van der Waals surface area contributed by atoms with E-state index in [9.17, 15) is 9.59 Å². The molecule has 1 aromatic heterocycles. The SMILES string of the molecule is CCOC(=O)c1nnc([C@@H]2CCCN2C(=O)OC(C)(C)C)o1. The lowest BCUT2D eigenvalue weighted by molar-refractivity contribution is 0.0202. The zero-order valence-corrected chi connectivity index (χ0v) is 13.3. The van der Waals surface area contributed by atoms with Crippen LogP contribution >= 0.6 is 0 Å². The lowest BCUT2D eigenvalue weighted by atomic mass is 10.2. The minimum Gasteiger partial charge on any atom is -0.459 e. The number of hydrogen-bond acceptors (Lipinski definition) is 7. The Morgan fingerprint density at radius 3 is 2.73 bits per heavy atom. The maximum absolute atomic E-state index is 12.2. The van der Waals surface area contributed by atoms with Crippen molar-refractivity contribution >= 4 is 12.1 Å². The van der Waals surface area contributed by atoms with Gasteiger partial charge in [-0.1, -0.05) is 0 Å². The predicted molar refractivity (Wildman–Crippen MR) is 75.2 cm³/mol. The molecule has 2 heterocycles. The number of hydrogen-bond donors (Lipinski definition) is 0. The standard InChI is InChI=1S/C14H21N3O5/c1-5-20-12(18)11-16-15-10(21-11)9-7-6-8-17(9)13(19)22-14(2,3)4/h9H,5-8H2,1-4H3/t9-/m0/s1. The molecule has 1 amide bonds. The summed E-state index contributed by atoms with van der Waals surface area (Å²) < 4.78 is 15.5. The summed E-state index contributed by atoms with van der Waals surface area (Å²) in [6, 6.07) is -0.370. The van der Waals surface area contributed by atoms with Gasteiger partial charge in [-0.3, -0.25) is 4.90 Å². The number of aromatic nitrogens is 2. The summed E-state index contributed by atoms with van der Waals surface area (Å²) in [5, 5.41) is 7.54. The van der Waals surface area contributed by atoms with Crippen molar-refractivity contribution < 1.29 is 23.5 Å². The molecule has 0 spiro atoms. The van der Waals surface area contributed by atoms with Gasteiger partial charge in [0.05, 0.1) is 6.61 Å². The predicted octanol–water partition coefficient (Wildman–Crippen LogP) is 2.32. The maximum Gasteiger partial charge on any atom is 0.410 e. The van der Waals surface area contributed by atoms with Crippen LogP contribution < -0.4 is 0 Å². The van der Waals surface area contributed by atoms with E-state index in [1.807, 2.05) is 20.8 Å². The van der Waals surface area contributed by atoms with Crippen molar-refractivity contribution in [1.29, 1.82) is 0 Å². The second-order valence-corrected chi connectivity index (χ2v) is 6.00. The third kappa shape index (κ3) is 3.75. The molecule has 1 saturated heterocycles. The molecule has 0 saturated carbocycles. The largest absolute Gasteiger partial charge is 0.459 e. The first-order chi connectivity index (χ1) is 10.3. The van der Waals surface area contributed by atoms with Crippen LogP contribution in [-0.4, -0.2) is 45.9 Å². The Hall–Kier alpha value is -2.12. The van der Waals surface area contributed by atoms with Crippen molar-refractivity contribution in [3.05, 3.63) is 11.8 Å². The number of nitrogens with zero attached hydrogens (tertiary/aromatic N) is 3. The van der Waals surface area contributed by atoms with Crippen molar-refractivity contribution in [1.82, 2.24) is 15.1 Å². The zero-order chi connectivity index (χ0) is 16.3. The Bertz CT molecular complexity index is 549. The Kier molecular flexibility index (Phi) is 4.68. The molecule has 1 atom stereocenters. The van der Waals surface area contributed by atoms with Crippen molar-refractivity contribution in [2.75, 3.05) is 13.2 Å². The molecule has 8 nitrogen and oxygen atoms in total. The summed E-state index contributed by atoms with van der Waals surface area (Å²) in [4.78, 5) is 25.3. The van der Waals surface area contributed by atoms with Crippen LogP contribution in [0.2, 0.25) is 0 Å². The molecule has 0 radical (unpaired) electrons. The normalized spacial score (nSPS) is 18.4. The molecule has 0 unspecified atom stereocenters. The number of rotatable bonds is 3. The maximum atomic E-state index is 12.2. The molecule has 1 aromatic rings. The lowest BCUT2D eigenvalue weighted by Gasteiger charge is -2.27. The van der Waals surface area contributed by atoms with Crippen LogP contribution in [0.1, 0.15) is 63.2 Å². The minimum absolute atomic E-state index is 0.201. The molecular formula is C14H21N3O5. The second kappa shape index (κ2) is 6.33. The Balaban J connectivity index is 2.10. The molecule has 1 aliphatic heterocycles. The first-order valence-electron chi connectivity index (χ1n) is 7.32. The van der Waals surface area contributed by atoms with E-state index < -0.39 is 17.7 Å². The molecule has 1 fully saturated rings. The van der Waals surface area contributed by atoms with Gasteiger partial charge in [-0.25, -0.2) is 9.59 Å². The molecule has 8 heteroatoms. The highest BCUT2D eigenvalue weighted by Gasteiger charge is 2.36. The molecule has 22 heavy (non-hydrogen) atoms. The molecule has 0 aliphatic carbocycles. The van der Waals surface area contributed by atoms with Crippen molar-refractivity contribution in [3.63, 3.8) is 0 Å². The van der Waals surface area contributed by atoms with Gasteiger partial charge >= 0.3 is 18.0 Å². The first-order valence-corrected chi connectivity index (χ1v) is 7.32. The van der Waals surface area contributed by atoms with E-state index in [-0.39, 0.29) is 24.4 Å². The smallest absolute Gasteiger partial charge is 0.410 e. The van der Waals surface area contributed by atoms with Crippen LogP contribution in [0.25, 0.3) is 0 Å². The number of amides is 1. The third-order valence-electron chi connectivity index (χ3n) is 3.06. The van der Waals surface area contributed by atoms with Crippen LogP contribution in [0.15, 0.2) is 4.42 Å². The molecule has 0 aromatic carbocycles. The molecule has 2 rings (SSSR count). The summed E-state index contributed by atoms with van der Waals surface area (Å²) >= 11 is 0. The van der Waals surface area contributed by atoms with E-state index >= 15 is 0 Å². The summed E-state index contributed by atoms with van der Waals surface area (Å²) in [5.41, 5.74) is -0.574. The van der Waals surface area contributed by atoms with Crippen molar-refractivity contribution in [2.24, 2.45) is 0 Å². The van der Waals surface area contributed by atoms with Crippen molar-refractivity contribution in [2.45, 2.75) is 52.2 Å². The monoisotopic (exact) mass is 311 g/mol. The number of likely N-dealkylation sites (tertiary alicyclic amines) is 1. The van der Waals surface area contributed by atoms with Crippen molar-refractivity contribution in [3.8, 4) is 0 Å². The Labute approximate surface area is 128 Å². The van der Waals surface area contributed by atoms with Crippen LogP contribution in [0, 0.1) is 0 Å². The van der Waals surface area contributed by atoms with Gasteiger partial charge in [0.15, 0.2) is 0 Å². The van der Waals surface area contributed by atoms with Crippen LogP contribution in [-0.2, 0) is 9.47 Å². The molecule has 0 N–H and O–H groups in total. The Morgan fingerprint density at radius 2 is 2.09 bits per heavy atom. The highest BCUT2D eigenvalue weighted by molar-refractivity contribution is 5.83. The number of carbonyl (C=O) groups excluding carboxylic acids is 2. The average Bonchev–Trinajstić information content (AvgIpc) is 3.06. The number of ether oxygens (including phenoxy) is 2. The van der Waals surface area contributed by atoms with E-state index in [0.717, 1.165) is 6.42 Å². The Morgan fingerprint density at radius 1 is 1.36 bits per heavy atom. The number of carbonyl (C=O) groups is 2. The van der Waals surface area contributed by atoms with E-state index in [1.165, 1.54) is 0 Å². The van der Waals surface area contributed by atoms with Gasteiger partial charge in [0, 0.05) is 6.54 Å². The van der Waals surface area contributed by atoms with Gasteiger partial charge in [0.25, 0.3) is 0 Å². The molecule has 0 bridgehead atoms. The van der Waals surface area contributed by atoms with Crippen LogP contribution in [0.4, 0.5) is 4.79 Å². The molecular weight excluding hydrogens is 290 g/mol. The summed E-state index contributed by atoms with van der Waals surface area (Å²) in [6.45, 7) is 7.89. The van der Waals surface area contributed by atoms with Gasteiger partial charge in [-0.05, 0) is 40.5 Å². The van der Waals surface area contributed by atoms with Gasteiger partial charge in [-0.15, -0.1) is 10.2 Å². The molecule has 122 valence electrons. The van der Waals surface area contributed by atoms with Gasteiger partial charge < -0.3 is 13.9 Å². The zero-order valence-electron chi connectivity index (χ0n) is 13.3. The van der Waals surface area contributed by atoms with Gasteiger partial charge in [-0.2, -0.15) is 0 Å². The van der Waals surface area contributed by atoms with E-state index in [2.05, 4.69) is 10.2 Å². The lowest BCUT2D eigenvalue weighted by Crippen LogP contribution is -2.36. The summed E-state index contributed by atoms with van der Waals surface area (Å²) in [6.07, 6.45) is 1.07. The summed E-state index contributed by atoms with van der Waals surface area (Å²) in [7, 11) is 0. The highest BCUT2D eigenvalue weighted by Crippen LogP contribution is 2.32. The topological polar surface area (TPSA) is 94.8 Å². The minimum atomic E-state index is -0.664. The fourth-order valence-electron chi connectivity index (χ4n) is 2.21. The van der Waals surface area contributed by atoms with E-state index in [4.69, 9.17) is 13.9 Å². The van der Waals surface area contributed by atoms with Gasteiger partial charge in [0.2, 0.25) is 5.89 Å².